The molecule has 0 amide bonds. The first-order chi connectivity index (χ1) is 8.70. The summed E-state index contributed by atoms with van der Waals surface area (Å²) >= 11 is 5.95. The molecule has 0 aliphatic heterocycles. The second kappa shape index (κ2) is 5.78. The van der Waals surface area contributed by atoms with Gasteiger partial charge in [0, 0.05) is 24.3 Å². The summed E-state index contributed by atoms with van der Waals surface area (Å²) in [6, 6.07) is 4.74. The van der Waals surface area contributed by atoms with E-state index in [4.69, 9.17) is 22.6 Å². The van der Waals surface area contributed by atoms with Gasteiger partial charge in [0.25, 0.3) is 0 Å². The van der Waals surface area contributed by atoms with Gasteiger partial charge in [0.2, 0.25) is 10.0 Å². The van der Waals surface area contributed by atoms with Crippen molar-refractivity contribution in [2.24, 2.45) is 5.92 Å². The van der Waals surface area contributed by atoms with Crippen molar-refractivity contribution in [2.45, 2.75) is 18.7 Å². The molecule has 0 bridgehead atoms. The van der Waals surface area contributed by atoms with Gasteiger partial charge in [-0.1, -0.05) is 11.6 Å². The van der Waals surface area contributed by atoms with E-state index in [1.807, 2.05) is 6.07 Å². The van der Waals surface area contributed by atoms with E-state index in [9.17, 15) is 8.42 Å². The Hall–Kier alpha value is -1.29. The van der Waals surface area contributed by atoms with Crippen LogP contribution >= 0.6 is 11.6 Å². The van der Waals surface area contributed by atoms with E-state index in [1.54, 1.807) is 13.8 Å². The number of nitrogens with zero attached hydrogens (tertiary/aromatic N) is 2. The number of hydrogen-bond acceptors (Lipinski definition) is 4. The van der Waals surface area contributed by atoms with Gasteiger partial charge < -0.3 is 5.73 Å². The predicted octanol–water partition coefficient (Wildman–Crippen LogP) is 2.01. The minimum absolute atomic E-state index is 0.0354. The highest BCUT2D eigenvalue weighted by Gasteiger charge is 2.23. The Morgan fingerprint density at radius 1 is 1.53 bits per heavy atom. The Labute approximate surface area is 118 Å². The van der Waals surface area contributed by atoms with Gasteiger partial charge in [0.1, 0.15) is 0 Å². The van der Waals surface area contributed by atoms with Crippen LogP contribution in [0.4, 0.5) is 5.69 Å². The molecular weight excluding hydrogens is 286 g/mol. The van der Waals surface area contributed by atoms with Crippen LogP contribution in [0.3, 0.4) is 0 Å². The van der Waals surface area contributed by atoms with Crippen molar-refractivity contribution >= 4 is 27.3 Å². The number of sulfonamides is 1. The molecule has 1 aromatic carbocycles. The molecule has 19 heavy (non-hydrogen) atoms. The van der Waals surface area contributed by atoms with Gasteiger partial charge in [0.15, 0.2) is 0 Å². The second-order valence-electron chi connectivity index (χ2n) is 4.44. The topological polar surface area (TPSA) is 87.2 Å². The summed E-state index contributed by atoms with van der Waals surface area (Å²) in [5, 5.41) is 9.04. The molecule has 5 nitrogen and oxygen atoms in total. The third-order valence-corrected chi connectivity index (χ3v) is 5.01. The van der Waals surface area contributed by atoms with Crippen LogP contribution in [0.1, 0.15) is 12.5 Å². The molecule has 1 atom stereocenters. The van der Waals surface area contributed by atoms with Crippen LogP contribution < -0.4 is 5.73 Å². The lowest BCUT2D eigenvalue weighted by atomic mass is 10.2. The molecule has 0 aliphatic rings. The van der Waals surface area contributed by atoms with Gasteiger partial charge in [-0.15, -0.1) is 0 Å². The second-order valence-corrected chi connectivity index (χ2v) is 6.89. The van der Waals surface area contributed by atoms with Crippen LogP contribution in [0.15, 0.2) is 17.0 Å². The van der Waals surface area contributed by atoms with E-state index in [0.717, 1.165) is 4.31 Å². The molecule has 104 valence electrons. The molecule has 2 N–H and O–H groups in total. The number of anilines is 1. The zero-order valence-electron chi connectivity index (χ0n) is 11.0. The van der Waals surface area contributed by atoms with E-state index in [2.05, 4.69) is 0 Å². The van der Waals surface area contributed by atoms with Gasteiger partial charge in [-0.2, -0.15) is 9.57 Å². The van der Waals surface area contributed by atoms with Crippen LogP contribution in [-0.2, 0) is 10.0 Å². The molecule has 1 unspecified atom stereocenters. The van der Waals surface area contributed by atoms with Crippen LogP contribution in [0.25, 0.3) is 0 Å². The van der Waals surface area contributed by atoms with E-state index < -0.39 is 15.9 Å². The van der Waals surface area contributed by atoms with Crippen LogP contribution in [-0.4, -0.2) is 26.3 Å². The van der Waals surface area contributed by atoms with Gasteiger partial charge in [0.05, 0.1) is 16.9 Å². The van der Waals surface area contributed by atoms with Crippen LogP contribution in [0.5, 0.6) is 0 Å². The van der Waals surface area contributed by atoms with E-state index in [-0.39, 0.29) is 11.4 Å². The fourth-order valence-corrected chi connectivity index (χ4v) is 3.14. The minimum Gasteiger partial charge on any atom is -0.398 e. The standard InChI is InChI=1S/C12H16ClN3O2S/c1-8(6-14)7-16(3)19(17,18)10-4-11(13)9(2)12(15)5-10/h4-5,8H,7,15H2,1-3H3. The fraction of sp³-hybridized carbons (Fsp3) is 0.417. The van der Waals surface area contributed by atoms with Crippen LogP contribution in [0, 0.1) is 24.2 Å². The van der Waals surface area contributed by atoms with Crippen LogP contribution in [0.2, 0.25) is 5.02 Å². The first kappa shape index (κ1) is 15.8. The fourth-order valence-electron chi connectivity index (χ4n) is 1.53. The van der Waals surface area contributed by atoms with Crippen molar-refractivity contribution in [3.63, 3.8) is 0 Å². The number of hydrogen-bond donors (Lipinski definition) is 1. The molecule has 0 aliphatic carbocycles. The highest BCUT2D eigenvalue weighted by atomic mass is 35.5. The summed E-state index contributed by atoms with van der Waals surface area (Å²) < 4.78 is 25.7. The molecule has 0 saturated carbocycles. The lowest BCUT2D eigenvalue weighted by molar-refractivity contribution is 0.439. The summed E-state index contributed by atoms with van der Waals surface area (Å²) in [5.74, 6) is -0.391. The summed E-state index contributed by atoms with van der Waals surface area (Å²) in [6.45, 7) is 3.49. The largest absolute Gasteiger partial charge is 0.398 e. The van der Waals surface area contributed by atoms with Crippen molar-refractivity contribution in [3.05, 3.63) is 22.7 Å². The molecule has 1 rings (SSSR count). The Bertz CT molecular complexity index is 599. The van der Waals surface area contributed by atoms with Crippen molar-refractivity contribution in [2.75, 3.05) is 19.3 Å². The molecule has 0 heterocycles. The third-order valence-electron chi connectivity index (χ3n) is 2.82. The van der Waals surface area contributed by atoms with Crippen molar-refractivity contribution < 1.29 is 8.42 Å². The summed E-state index contributed by atoms with van der Waals surface area (Å²) in [7, 11) is -2.26. The summed E-state index contributed by atoms with van der Waals surface area (Å²) in [4.78, 5) is 0.0354. The predicted molar refractivity (Wildman–Crippen MR) is 75.2 cm³/mol. The molecule has 0 radical (unpaired) electrons. The van der Waals surface area contributed by atoms with Gasteiger partial charge in [-0.3, -0.25) is 0 Å². The molecule has 0 aromatic heterocycles. The SMILES string of the molecule is Cc1c(N)cc(S(=O)(=O)N(C)CC(C)C#N)cc1Cl. The first-order valence-electron chi connectivity index (χ1n) is 5.61. The molecular formula is C12H16ClN3O2S. The zero-order valence-corrected chi connectivity index (χ0v) is 12.6. The Morgan fingerprint density at radius 3 is 2.58 bits per heavy atom. The number of nitriles is 1. The van der Waals surface area contributed by atoms with Crippen molar-refractivity contribution in [1.29, 1.82) is 5.26 Å². The number of nitrogens with two attached hydrogens (primary N) is 1. The molecule has 0 fully saturated rings. The smallest absolute Gasteiger partial charge is 0.242 e. The average molecular weight is 302 g/mol. The Balaban J connectivity index is 3.18. The highest BCUT2D eigenvalue weighted by Crippen LogP contribution is 2.27. The highest BCUT2D eigenvalue weighted by molar-refractivity contribution is 7.89. The lowest BCUT2D eigenvalue weighted by Gasteiger charge is -2.19. The number of benzene rings is 1. The maximum atomic E-state index is 12.3. The average Bonchev–Trinajstić information content (AvgIpc) is 2.34. The molecule has 1 aromatic rings. The third kappa shape index (κ3) is 3.38. The quantitative estimate of drug-likeness (QED) is 0.862. The maximum absolute atomic E-state index is 12.3. The van der Waals surface area contributed by atoms with Gasteiger partial charge >= 0.3 is 0 Å². The Morgan fingerprint density at radius 2 is 2.11 bits per heavy atom. The number of halogens is 1. The zero-order chi connectivity index (χ0) is 14.8. The van der Waals surface area contributed by atoms with E-state index >= 15 is 0 Å². The van der Waals surface area contributed by atoms with E-state index in [0.29, 0.717) is 16.3 Å². The molecule has 0 spiro atoms. The van der Waals surface area contributed by atoms with Gasteiger partial charge in [-0.25, -0.2) is 8.42 Å². The van der Waals surface area contributed by atoms with Gasteiger partial charge in [-0.05, 0) is 31.5 Å². The maximum Gasteiger partial charge on any atom is 0.242 e. The monoisotopic (exact) mass is 301 g/mol. The van der Waals surface area contributed by atoms with Crippen molar-refractivity contribution in [1.82, 2.24) is 4.31 Å². The summed E-state index contributed by atoms with van der Waals surface area (Å²) in [5.41, 5.74) is 6.70. The first-order valence-corrected chi connectivity index (χ1v) is 7.43. The summed E-state index contributed by atoms with van der Waals surface area (Å²) in [6.07, 6.45) is 0. The minimum atomic E-state index is -3.69. The lowest BCUT2D eigenvalue weighted by Crippen LogP contribution is -2.30. The number of nitrogen functional groups attached to an aromatic ring is 1. The molecule has 7 heteroatoms. The Kier molecular flexibility index (Phi) is 4.80. The normalized spacial score (nSPS) is 13.3. The van der Waals surface area contributed by atoms with E-state index in [1.165, 1.54) is 19.2 Å². The number of rotatable bonds is 4. The van der Waals surface area contributed by atoms with Crippen molar-refractivity contribution in [3.8, 4) is 6.07 Å². The molecule has 0 saturated heterocycles.